The van der Waals surface area contributed by atoms with E-state index >= 15 is 0 Å². The maximum absolute atomic E-state index is 9.40. The second-order valence-corrected chi connectivity index (χ2v) is 2.70. The zero-order valence-electron chi connectivity index (χ0n) is 7.14. The molecule has 0 aromatic rings. The van der Waals surface area contributed by atoms with Gasteiger partial charge >= 0.3 is 0 Å². The van der Waals surface area contributed by atoms with E-state index in [1.165, 1.54) is 14.2 Å². The van der Waals surface area contributed by atoms with Crippen molar-refractivity contribution in [2.45, 2.75) is 24.6 Å². The van der Waals surface area contributed by atoms with E-state index in [4.69, 9.17) is 14.2 Å². The van der Waals surface area contributed by atoms with Crippen molar-refractivity contribution in [3.63, 3.8) is 0 Å². The average Bonchev–Trinajstić information content (AvgIpc) is 2.09. The predicted octanol–water partition coefficient (Wildman–Crippen LogP) is -1.27. The lowest BCUT2D eigenvalue weighted by Crippen LogP contribution is -2.54. The summed E-state index contributed by atoms with van der Waals surface area (Å²) in [4.78, 5) is 0. The molecule has 0 aromatic carbocycles. The molecule has 0 bridgehead atoms. The van der Waals surface area contributed by atoms with Crippen LogP contribution in [0, 0.1) is 0 Å². The minimum Gasteiger partial charge on any atom is -0.388 e. The molecule has 0 aliphatic carbocycles. The lowest BCUT2D eigenvalue weighted by Gasteiger charge is -2.36. The topological polar surface area (TPSA) is 68.2 Å². The molecule has 0 amide bonds. The number of hydrogen-bond acceptors (Lipinski definition) is 5. The standard InChI is InChI=1S/C7H14O5/c1-10-6-5(9)4(8)3-12-7(6)11-2/h4-9H,3H2,1-2H3/t4-,5+,6-,7-/m1/s1. The van der Waals surface area contributed by atoms with E-state index in [1.807, 2.05) is 0 Å². The molecule has 0 radical (unpaired) electrons. The number of ether oxygens (including phenoxy) is 3. The highest BCUT2D eigenvalue weighted by atomic mass is 16.7. The first-order valence-corrected chi connectivity index (χ1v) is 3.74. The third-order valence-electron chi connectivity index (χ3n) is 1.93. The first kappa shape index (κ1) is 9.88. The van der Waals surface area contributed by atoms with Crippen molar-refractivity contribution in [1.82, 2.24) is 0 Å². The van der Waals surface area contributed by atoms with Gasteiger partial charge in [-0.25, -0.2) is 0 Å². The van der Waals surface area contributed by atoms with Crippen molar-refractivity contribution in [1.29, 1.82) is 0 Å². The summed E-state index contributed by atoms with van der Waals surface area (Å²) in [6, 6.07) is 0. The summed E-state index contributed by atoms with van der Waals surface area (Å²) in [6.45, 7) is 0.0690. The molecule has 0 unspecified atom stereocenters. The third-order valence-corrected chi connectivity index (χ3v) is 1.93. The van der Waals surface area contributed by atoms with Gasteiger partial charge in [-0.15, -0.1) is 0 Å². The molecule has 1 aliphatic heterocycles. The predicted molar refractivity (Wildman–Crippen MR) is 39.6 cm³/mol. The monoisotopic (exact) mass is 178 g/mol. The Bertz CT molecular complexity index is 138. The molecule has 0 aromatic heterocycles. The first-order chi connectivity index (χ1) is 5.70. The van der Waals surface area contributed by atoms with Gasteiger partial charge in [-0.05, 0) is 0 Å². The number of methoxy groups -OCH3 is 2. The summed E-state index contributed by atoms with van der Waals surface area (Å²) in [5, 5.41) is 18.6. The molecule has 4 atom stereocenters. The number of aliphatic hydroxyl groups is 2. The average molecular weight is 178 g/mol. The molecule has 0 saturated carbocycles. The van der Waals surface area contributed by atoms with Crippen LogP contribution in [-0.2, 0) is 14.2 Å². The Hall–Kier alpha value is -0.200. The Morgan fingerprint density at radius 1 is 1.25 bits per heavy atom. The van der Waals surface area contributed by atoms with Crippen molar-refractivity contribution in [2.75, 3.05) is 20.8 Å². The van der Waals surface area contributed by atoms with Crippen LogP contribution in [0.2, 0.25) is 0 Å². The summed E-state index contributed by atoms with van der Waals surface area (Å²) >= 11 is 0. The third kappa shape index (κ3) is 1.75. The van der Waals surface area contributed by atoms with Crippen molar-refractivity contribution < 1.29 is 24.4 Å². The van der Waals surface area contributed by atoms with Crippen LogP contribution in [0.15, 0.2) is 0 Å². The van der Waals surface area contributed by atoms with Gasteiger partial charge in [-0.1, -0.05) is 0 Å². The van der Waals surface area contributed by atoms with Crippen molar-refractivity contribution >= 4 is 0 Å². The molecule has 2 N–H and O–H groups in total. The summed E-state index contributed by atoms with van der Waals surface area (Å²) < 4.78 is 14.9. The minimum absolute atomic E-state index is 0.0690. The number of aliphatic hydroxyl groups excluding tert-OH is 2. The van der Waals surface area contributed by atoms with Crippen LogP contribution in [0.3, 0.4) is 0 Å². The van der Waals surface area contributed by atoms with Crippen molar-refractivity contribution in [3.8, 4) is 0 Å². The lowest BCUT2D eigenvalue weighted by atomic mass is 10.1. The zero-order chi connectivity index (χ0) is 9.14. The highest BCUT2D eigenvalue weighted by Crippen LogP contribution is 2.18. The van der Waals surface area contributed by atoms with Gasteiger partial charge in [-0.3, -0.25) is 0 Å². The van der Waals surface area contributed by atoms with Gasteiger partial charge in [0.2, 0.25) is 0 Å². The number of hydrogen-bond donors (Lipinski definition) is 2. The second kappa shape index (κ2) is 4.15. The van der Waals surface area contributed by atoms with E-state index in [9.17, 15) is 10.2 Å². The van der Waals surface area contributed by atoms with E-state index in [0.717, 1.165) is 0 Å². The normalized spacial score (nSPS) is 43.0. The maximum Gasteiger partial charge on any atom is 0.186 e. The summed E-state index contributed by atoms with van der Waals surface area (Å²) in [7, 11) is 2.89. The molecule has 1 aliphatic rings. The van der Waals surface area contributed by atoms with Crippen LogP contribution in [-0.4, -0.2) is 55.6 Å². The van der Waals surface area contributed by atoms with E-state index in [1.54, 1.807) is 0 Å². The Morgan fingerprint density at radius 2 is 1.92 bits per heavy atom. The van der Waals surface area contributed by atoms with Gasteiger partial charge in [0.05, 0.1) is 6.61 Å². The molecule has 0 spiro atoms. The van der Waals surface area contributed by atoms with Gasteiger partial charge in [-0.2, -0.15) is 0 Å². The molecule has 72 valence electrons. The van der Waals surface area contributed by atoms with Gasteiger partial charge in [0, 0.05) is 14.2 Å². The Kier molecular flexibility index (Phi) is 3.42. The molecular formula is C7H14O5. The van der Waals surface area contributed by atoms with Gasteiger partial charge < -0.3 is 24.4 Å². The summed E-state index contributed by atoms with van der Waals surface area (Å²) in [5.74, 6) is 0. The summed E-state index contributed by atoms with van der Waals surface area (Å²) in [5.41, 5.74) is 0. The minimum atomic E-state index is -0.950. The van der Waals surface area contributed by atoms with Gasteiger partial charge in [0.25, 0.3) is 0 Å². The largest absolute Gasteiger partial charge is 0.388 e. The van der Waals surface area contributed by atoms with E-state index in [-0.39, 0.29) is 6.61 Å². The summed E-state index contributed by atoms with van der Waals surface area (Å²) in [6.07, 6.45) is -3.08. The van der Waals surface area contributed by atoms with Gasteiger partial charge in [0.1, 0.15) is 18.3 Å². The molecule has 1 heterocycles. The van der Waals surface area contributed by atoms with Crippen LogP contribution in [0.4, 0.5) is 0 Å². The molecule has 12 heavy (non-hydrogen) atoms. The highest BCUT2D eigenvalue weighted by molar-refractivity contribution is 4.83. The Labute approximate surface area is 70.9 Å². The highest BCUT2D eigenvalue weighted by Gasteiger charge is 2.38. The Morgan fingerprint density at radius 3 is 2.42 bits per heavy atom. The fraction of sp³-hybridized carbons (Fsp3) is 1.00. The molecular weight excluding hydrogens is 164 g/mol. The van der Waals surface area contributed by atoms with Crippen molar-refractivity contribution in [3.05, 3.63) is 0 Å². The fourth-order valence-electron chi connectivity index (χ4n) is 1.22. The lowest BCUT2D eigenvalue weighted by molar-refractivity contribution is -0.268. The van der Waals surface area contributed by atoms with Crippen LogP contribution in [0.25, 0.3) is 0 Å². The molecule has 1 fully saturated rings. The smallest absolute Gasteiger partial charge is 0.186 e. The molecule has 1 saturated heterocycles. The van der Waals surface area contributed by atoms with Crippen LogP contribution >= 0.6 is 0 Å². The second-order valence-electron chi connectivity index (χ2n) is 2.70. The maximum atomic E-state index is 9.40. The first-order valence-electron chi connectivity index (χ1n) is 3.74. The van der Waals surface area contributed by atoms with E-state index in [0.29, 0.717) is 0 Å². The van der Waals surface area contributed by atoms with E-state index in [2.05, 4.69) is 0 Å². The Balaban J connectivity index is 2.58. The fourth-order valence-corrected chi connectivity index (χ4v) is 1.22. The van der Waals surface area contributed by atoms with Crippen LogP contribution in [0.1, 0.15) is 0 Å². The van der Waals surface area contributed by atoms with Crippen molar-refractivity contribution in [2.24, 2.45) is 0 Å². The molecule has 5 heteroatoms. The van der Waals surface area contributed by atoms with Gasteiger partial charge in [0.15, 0.2) is 6.29 Å². The van der Waals surface area contributed by atoms with Crippen LogP contribution in [0.5, 0.6) is 0 Å². The van der Waals surface area contributed by atoms with E-state index < -0.39 is 24.6 Å². The van der Waals surface area contributed by atoms with Crippen LogP contribution < -0.4 is 0 Å². The molecule has 1 rings (SSSR count). The quantitative estimate of drug-likeness (QED) is 0.551. The number of rotatable bonds is 2. The molecule has 5 nitrogen and oxygen atoms in total. The SMILES string of the molecule is CO[C@@H]1OC[C@@H](O)[C@H](O)[C@H]1OC. The zero-order valence-corrected chi connectivity index (χ0v) is 7.14.